The zero-order valence-corrected chi connectivity index (χ0v) is 15.9. The number of amides is 1. The van der Waals surface area contributed by atoms with Gasteiger partial charge < -0.3 is 14.3 Å². The van der Waals surface area contributed by atoms with Crippen molar-refractivity contribution < 1.29 is 23.9 Å². The fourth-order valence-corrected chi connectivity index (χ4v) is 2.16. The van der Waals surface area contributed by atoms with E-state index in [2.05, 4.69) is 25.8 Å². The molecule has 0 aromatic carbocycles. The van der Waals surface area contributed by atoms with Crippen molar-refractivity contribution in [3.05, 3.63) is 0 Å². The molecule has 1 unspecified atom stereocenters. The average Bonchev–Trinajstić information content (AvgIpc) is 2.23. The minimum Gasteiger partial charge on any atom is -0.481 e. The Morgan fingerprint density at radius 3 is 2.05 bits per heavy atom. The first kappa shape index (κ1) is 20.8. The SMILES string of the molecule is CC(C)(C)OC(=O)/N=C/C(CO[Si](C)(C)C(C)(C)C)C(=O)O. The van der Waals surface area contributed by atoms with Crippen molar-refractivity contribution in [1.82, 2.24) is 0 Å². The second-order valence-corrected chi connectivity index (χ2v) is 12.6. The normalized spacial score (nSPS) is 14.9. The summed E-state index contributed by atoms with van der Waals surface area (Å²) in [7, 11) is -2.05. The van der Waals surface area contributed by atoms with E-state index in [1.807, 2.05) is 13.1 Å². The van der Waals surface area contributed by atoms with E-state index in [0.29, 0.717) is 0 Å². The smallest absolute Gasteiger partial charge is 0.433 e. The summed E-state index contributed by atoms with van der Waals surface area (Å²) >= 11 is 0. The molecule has 1 atom stereocenters. The first-order valence-electron chi connectivity index (χ1n) is 7.29. The van der Waals surface area contributed by atoms with Crippen LogP contribution in [0.1, 0.15) is 41.5 Å². The van der Waals surface area contributed by atoms with Crippen molar-refractivity contribution >= 4 is 26.6 Å². The predicted octanol–water partition coefficient (Wildman–Crippen LogP) is 3.71. The van der Waals surface area contributed by atoms with Crippen LogP contribution in [0.3, 0.4) is 0 Å². The average molecular weight is 331 g/mol. The van der Waals surface area contributed by atoms with Gasteiger partial charge in [-0.05, 0) is 38.9 Å². The van der Waals surface area contributed by atoms with E-state index in [9.17, 15) is 14.7 Å². The molecule has 0 aromatic heterocycles. The maximum absolute atomic E-state index is 11.5. The number of aliphatic imine (C=N–C) groups is 1. The Morgan fingerprint density at radius 2 is 1.68 bits per heavy atom. The lowest BCUT2D eigenvalue weighted by molar-refractivity contribution is -0.140. The molecule has 128 valence electrons. The highest BCUT2D eigenvalue weighted by Crippen LogP contribution is 2.36. The quantitative estimate of drug-likeness (QED) is 0.613. The molecule has 0 spiro atoms. The van der Waals surface area contributed by atoms with E-state index in [1.165, 1.54) is 0 Å². The molecule has 0 fully saturated rings. The maximum Gasteiger partial charge on any atom is 0.433 e. The molecule has 1 N–H and O–H groups in total. The number of carbonyl (C=O) groups excluding carboxylic acids is 1. The zero-order chi connectivity index (χ0) is 17.8. The molecular weight excluding hydrogens is 302 g/mol. The molecule has 22 heavy (non-hydrogen) atoms. The summed E-state index contributed by atoms with van der Waals surface area (Å²) in [6.07, 6.45) is 0.287. The second kappa shape index (κ2) is 7.37. The highest BCUT2D eigenvalue weighted by molar-refractivity contribution is 6.74. The lowest BCUT2D eigenvalue weighted by atomic mass is 10.2. The van der Waals surface area contributed by atoms with E-state index in [4.69, 9.17) is 9.16 Å². The minimum absolute atomic E-state index is 0.00186. The summed E-state index contributed by atoms with van der Waals surface area (Å²) in [4.78, 5) is 26.3. The van der Waals surface area contributed by atoms with Gasteiger partial charge in [-0.15, -0.1) is 0 Å². The molecule has 1 amide bonds. The standard InChI is InChI=1S/C15H29NO5Si/c1-14(2,3)21-13(19)16-9-11(12(17)18)10-20-22(7,8)15(4,5)6/h9,11H,10H2,1-8H3,(H,17,18)/b16-9+. The molecule has 0 bridgehead atoms. The highest BCUT2D eigenvalue weighted by atomic mass is 28.4. The molecule has 0 radical (unpaired) electrons. The summed E-state index contributed by atoms with van der Waals surface area (Å²) in [5.74, 6) is -2.05. The number of hydrogen-bond donors (Lipinski definition) is 1. The summed E-state index contributed by atoms with van der Waals surface area (Å²) < 4.78 is 10.9. The van der Waals surface area contributed by atoms with E-state index >= 15 is 0 Å². The molecule has 0 saturated heterocycles. The van der Waals surface area contributed by atoms with Gasteiger partial charge in [-0.3, -0.25) is 4.79 Å². The van der Waals surface area contributed by atoms with Crippen LogP contribution < -0.4 is 0 Å². The Labute approximate surface area is 134 Å². The van der Waals surface area contributed by atoms with Gasteiger partial charge in [0.15, 0.2) is 8.32 Å². The van der Waals surface area contributed by atoms with Crippen LogP contribution in [0.5, 0.6) is 0 Å². The van der Waals surface area contributed by atoms with Crippen molar-refractivity contribution in [1.29, 1.82) is 0 Å². The minimum atomic E-state index is -2.05. The molecule has 0 aliphatic rings. The van der Waals surface area contributed by atoms with Crippen LogP contribution in [0.4, 0.5) is 4.79 Å². The van der Waals surface area contributed by atoms with Gasteiger partial charge >= 0.3 is 12.1 Å². The molecule has 0 heterocycles. The highest BCUT2D eigenvalue weighted by Gasteiger charge is 2.38. The van der Waals surface area contributed by atoms with E-state index in [1.54, 1.807) is 20.8 Å². The van der Waals surface area contributed by atoms with Crippen LogP contribution in [-0.2, 0) is 14.0 Å². The summed E-state index contributed by atoms with van der Waals surface area (Å²) in [5, 5.41) is 9.19. The Balaban J connectivity index is 4.77. The predicted molar refractivity (Wildman–Crippen MR) is 89.0 cm³/mol. The van der Waals surface area contributed by atoms with E-state index in [0.717, 1.165) is 6.21 Å². The van der Waals surface area contributed by atoms with E-state index < -0.39 is 31.9 Å². The van der Waals surface area contributed by atoms with Crippen LogP contribution >= 0.6 is 0 Å². The number of rotatable bonds is 5. The lowest BCUT2D eigenvalue weighted by Gasteiger charge is -2.36. The number of carboxylic acid groups (broad SMARTS) is 1. The van der Waals surface area contributed by atoms with Crippen molar-refractivity contribution in [2.24, 2.45) is 10.9 Å². The summed E-state index contributed by atoms with van der Waals surface area (Å²) in [5.41, 5.74) is -0.662. The summed E-state index contributed by atoms with van der Waals surface area (Å²) in [6, 6.07) is 0. The number of carbonyl (C=O) groups is 2. The van der Waals surface area contributed by atoms with Crippen molar-refractivity contribution in [3.63, 3.8) is 0 Å². The topological polar surface area (TPSA) is 85.2 Å². The molecular formula is C15H29NO5Si. The van der Waals surface area contributed by atoms with Gasteiger partial charge in [-0.25, -0.2) is 4.79 Å². The molecule has 0 saturated carbocycles. The van der Waals surface area contributed by atoms with Gasteiger partial charge in [-0.2, -0.15) is 4.99 Å². The van der Waals surface area contributed by atoms with Crippen molar-refractivity contribution in [3.8, 4) is 0 Å². The third kappa shape index (κ3) is 7.70. The van der Waals surface area contributed by atoms with Gasteiger partial charge in [0.2, 0.25) is 0 Å². The van der Waals surface area contributed by atoms with E-state index in [-0.39, 0.29) is 11.6 Å². The number of nitrogens with zero attached hydrogens (tertiary/aromatic N) is 1. The number of carboxylic acids is 1. The van der Waals surface area contributed by atoms with Gasteiger partial charge in [-0.1, -0.05) is 20.8 Å². The van der Waals surface area contributed by atoms with Gasteiger partial charge in [0.25, 0.3) is 0 Å². The number of ether oxygens (including phenoxy) is 1. The van der Waals surface area contributed by atoms with Crippen LogP contribution in [0, 0.1) is 5.92 Å². The maximum atomic E-state index is 11.5. The van der Waals surface area contributed by atoms with Crippen LogP contribution in [0.2, 0.25) is 18.1 Å². The fraction of sp³-hybridized carbons (Fsp3) is 0.800. The van der Waals surface area contributed by atoms with Gasteiger partial charge in [0, 0.05) is 6.21 Å². The molecule has 0 aromatic rings. The summed E-state index contributed by atoms with van der Waals surface area (Å²) in [6.45, 7) is 15.4. The third-order valence-electron chi connectivity index (χ3n) is 3.50. The monoisotopic (exact) mass is 331 g/mol. The largest absolute Gasteiger partial charge is 0.481 e. The molecule has 7 heteroatoms. The molecule has 0 aliphatic carbocycles. The number of aliphatic carboxylic acids is 1. The lowest BCUT2D eigenvalue weighted by Crippen LogP contribution is -2.42. The number of hydrogen-bond acceptors (Lipinski definition) is 4. The zero-order valence-electron chi connectivity index (χ0n) is 14.9. The van der Waals surface area contributed by atoms with Crippen LogP contribution in [-0.4, -0.2) is 43.9 Å². The fourth-order valence-electron chi connectivity index (χ4n) is 1.13. The Kier molecular flexibility index (Phi) is 6.96. The molecule has 0 rings (SSSR count). The Morgan fingerprint density at radius 1 is 1.18 bits per heavy atom. The molecule has 0 aliphatic heterocycles. The Hall–Kier alpha value is -1.21. The van der Waals surface area contributed by atoms with Gasteiger partial charge in [0.05, 0.1) is 6.61 Å². The molecule has 6 nitrogen and oxygen atoms in total. The van der Waals surface area contributed by atoms with Crippen molar-refractivity contribution in [2.75, 3.05) is 6.61 Å². The first-order valence-corrected chi connectivity index (χ1v) is 10.2. The van der Waals surface area contributed by atoms with Gasteiger partial charge in [0.1, 0.15) is 11.5 Å². The first-order chi connectivity index (χ1) is 9.66. The Bertz CT molecular complexity index is 432. The third-order valence-corrected chi connectivity index (χ3v) is 8.00. The second-order valence-electron chi connectivity index (χ2n) is 7.77. The van der Waals surface area contributed by atoms with Crippen LogP contribution in [0.15, 0.2) is 4.99 Å². The van der Waals surface area contributed by atoms with Crippen molar-refractivity contribution in [2.45, 2.75) is 65.3 Å². The van der Waals surface area contributed by atoms with Crippen LogP contribution in [0.25, 0.3) is 0 Å².